The lowest BCUT2D eigenvalue weighted by Crippen LogP contribution is -2.20. The van der Waals surface area contributed by atoms with E-state index in [1.54, 1.807) is 6.21 Å². The molecule has 0 unspecified atom stereocenters. The molecular weight excluding hydrogens is 260 g/mol. The van der Waals surface area contributed by atoms with E-state index in [9.17, 15) is 4.79 Å². The topological polar surface area (TPSA) is 41.5 Å². The number of carbonyl (C=O) groups excluding carboxylic acids is 1. The Hall–Kier alpha value is -1.35. The van der Waals surface area contributed by atoms with Crippen molar-refractivity contribution < 1.29 is 4.79 Å². The van der Waals surface area contributed by atoms with Gasteiger partial charge in [0.1, 0.15) is 0 Å². The zero-order valence-electron chi connectivity index (χ0n) is 10.7. The molecule has 2 aliphatic rings. The number of benzene rings is 1. The summed E-state index contributed by atoms with van der Waals surface area (Å²) >= 11 is 5.88. The Morgan fingerprint density at radius 2 is 2.05 bits per heavy atom. The second-order valence-electron chi connectivity index (χ2n) is 5.43. The van der Waals surface area contributed by atoms with Crippen molar-refractivity contribution >= 4 is 23.7 Å². The van der Waals surface area contributed by atoms with E-state index in [1.807, 2.05) is 24.3 Å². The molecule has 1 amide bonds. The number of hydrogen-bond donors (Lipinski definition) is 1. The molecule has 2 atom stereocenters. The number of hydrazone groups is 1. The second-order valence-corrected chi connectivity index (χ2v) is 5.86. The molecule has 100 valence electrons. The van der Waals surface area contributed by atoms with Crippen LogP contribution in [0.15, 0.2) is 29.4 Å². The molecule has 0 aliphatic heterocycles. The van der Waals surface area contributed by atoms with Gasteiger partial charge in [-0.05, 0) is 42.4 Å². The summed E-state index contributed by atoms with van der Waals surface area (Å²) in [6.45, 7) is 0. The molecule has 1 aromatic rings. The molecule has 2 fully saturated rings. The largest absolute Gasteiger partial charge is 0.273 e. The third kappa shape index (κ3) is 2.81. The number of amides is 1. The van der Waals surface area contributed by atoms with E-state index in [-0.39, 0.29) is 11.8 Å². The summed E-state index contributed by atoms with van der Waals surface area (Å²) in [4.78, 5) is 12.0. The van der Waals surface area contributed by atoms with Crippen LogP contribution in [0, 0.1) is 17.8 Å². The number of fused-ring (bicyclic) bond motifs is 1. The Morgan fingerprint density at radius 3 is 2.74 bits per heavy atom. The minimum absolute atomic E-state index is 0.0789. The van der Waals surface area contributed by atoms with Gasteiger partial charge in [0.05, 0.1) is 6.21 Å². The molecule has 3 rings (SSSR count). The molecule has 4 heteroatoms. The van der Waals surface area contributed by atoms with Crippen molar-refractivity contribution in [2.45, 2.75) is 25.7 Å². The molecule has 2 saturated carbocycles. The normalized spacial score (nSPS) is 29.0. The number of rotatable bonds is 3. The minimum Gasteiger partial charge on any atom is -0.273 e. The van der Waals surface area contributed by atoms with Gasteiger partial charge < -0.3 is 0 Å². The standard InChI is InChI=1S/C15H17ClN2O/c16-11-5-3-4-10(8-11)9-17-18-15(19)14-12-6-1-2-7-13(12)14/h3-5,8-9,12-14H,1-2,6-7H2,(H,18,19)/t12-,13-/m0/s1. The fourth-order valence-electron chi connectivity index (χ4n) is 3.21. The van der Waals surface area contributed by atoms with Crippen molar-refractivity contribution in [3.63, 3.8) is 0 Å². The van der Waals surface area contributed by atoms with Crippen molar-refractivity contribution in [1.29, 1.82) is 0 Å². The number of carbonyl (C=O) groups is 1. The van der Waals surface area contributed by atoms with Gasteiger partial charge in [-0.2, -0.15) is 5.10 Å². The summed E-state index contributed by atoms with van der Waals surface area (Å²) in [5, 5.41) is 4.69. The van der Waals surface area contributed by atoms with E-state index >= 15 is 0 Å². The van der Waals surface area contributed by atoms with Crippen LogP contribution in [-0.4, -0.2) is 12.1 Å². The SMILES string of the molecule is O=C(NN=Cc1cccc(Cl)c1)C1[C@H]2CCCC[C@H]12. The Bertz CT molecular complexity index is 503. The molecule has 2 aliphatic carbocycles. The lowest BCUT2D eigenvalue weighted by atomic mass is 10.0. The molecule has 0 spiro atoms. The summed E-state index contributed by atoms with van der Waals surface area (Å²) in [5.41, 5.74) is 3.55. The third-order valence-corrected chi connectivity index (χ3v) is 4.43. The van der Waals surface area contributed by atoms with Gasteiger partial charge in [-0.15, -0.1) is 0 Å². The summed E-state index contributed by atoms with van der Waals surface area (Å²) in [5.74, 6) is 1.53. The Kier molecular flexibility index (Phi) is 3.56. The zero-order chi connectivity index (χ0) is 13.2. The summed E-state index contributed by atoms with van der Waals surface area (Å²) < 4.78 is 0. The average molecular weight is 277 g/mol. The predicted molar refractivity (Wildman–Crippen MR) is 76.1 cm³/mol. The van der Waals surface area contributed by atoms with Gasteiger partial charge in [0, 0.05) is 10.9 Å². The molecule has 0 bridgehead atoms. The molecular formula is C15H17ClN2O. The molecule has 0 aromatic heterocycles. The van der Waals surface area contributed by atoms with Crippen LogP contribution in [0.25, 0.3) is 0 Å². The van der Waals surface area contributed by atoms with Gasteiger partial charge in [-0.25, -0.2) is 5.43 Å². The van der Waals surface area contributed by atoms with Gasteiger partial charge >= 0.3 is 0 Å². The first kappa shape index (κ1) is 12.7. The summed E-state index contributed by atoms with van der Waals surface area (Å²) in [6.07, 6.45) is 6.60. The molecule has 0 saturated heterocycles. The highest BCUT2D eigenvalue weighted by molar-refractivity contribution is 6.30. The molecule has 3 nitrogen and oxygen atoms in total. The highest BCUT2D eigenvalue weighted by atomic mass is 35.5. The monoisotopic (exact) mass is 276 g/mol. The maximum atomic E-state index is 12.0. The smallest absolute Gasteiger partial charge is 0.243 e. The fourth-order valence-corrected chi connectivity index (χ4v) is 3.41. The van der Waals surface area contributed by atoms with Crippen LogP contribution in [0.2, 0.25) is 5.02 Å². The van der Waals surface area contributed by atoms with Gasteiger partial charge in [0.15, 0.2) is 0 Å². The van der Waals surface area contributed by atoms with Crippen LogP contribution >= 0.6 is 11.6 Å². The molecule has 1 N–H and O–H groups in total. The maximum Gasteiger partial charge on any atom is 0.243 e. The lowest BCUT2D eigenvalue weighted by molar-refractivity contribution is -0.122. The average Bonchev–Trinajstić information content (AvgIpc) is 3.13. The van der Waals surface area contributed by atoms with Crippen molar-refractivity contribution in [3.05, 3.63) is 34.9 Å². The Balaban J connectivity index is 1.54. The van der Waals surface area contributed by atoms with Gasteiger partial charge in [0.2, 0.25) is 5.91 Å². The summed E-state index contributed by atoms with van der Waals surface area (Å²) in [6, 6.07) is 7.39. The number of nitrogens with zero attached hydrogens (tertiary/aromatic N) is 1. The van der Waals surface area contributed by atoms with Crippen LogP contribution in [0.5, 0.6) is 0 Å². The van der Waals surface area contributed by atoms with Gasteiger partial charge in [-0.1, -0.05) is 36.6 Å². The number of hydrogen-bond acceptors (Lipinski definition) is 2. The number of nitrogens with one attached hydrogen (secondary N) is 1. The van der Waals surface area contributed by atoms with E-state index in [2.05, 4.69) is 10.5 Å². The fraction of sp³-hybridized carbons (Fsp3) is 0.467. The molecule has 0 radical (unpaired) electrons. The van der Waals surface area contributed by atoms with E-state index in [0.717, 1.165) is 5.56 Å². The first-order chi connectivity index (χ1) is 9.25. The first-order valence-electron chi connectivity index (χ1n) is 6.84. The highest BCUT2D eigenvalue weighted by Gasteiger charge is 2.54. The predicted octanol–water partition coefficient (Wildman–Crippen LogP) is 3.23. The van der Waals surface area contributed by atoms with Crippen LogP contribution < -0.4 is 5.43 Å². The van der Waals surface area contributed by atoms with E-state index in [0.29, 0.717) is 16.9 Å². The van der Waals surface area contributed by atoms with Crippen LogP contribution in [0.3, 0.4) is 0 Å². The van der Waals surface area contributed by atoms with Crippen molar-refractivity contribution in [1.82, 2.24) is 5.43 Å². The lowest BCUT2D eigenvalue weighted by Gasteiger charge is -2.04. The maximum absolute atomic E-state index is 12.0. The first-order valence-corrected chi connectivity index (χ1v) is 7.22. The molecule has 19 heavy (non-hydrogen) atoms. The van der Waals surface area contributed by atoms with E-state index in [1.165, 1.54) is 25.7 Å². The van der Waals surface area contributed by atoms with Crippen LogP contribution in [-0.2, 0) is 4.79 Å². The third-order valence-electron chi connectivity index (χ3n) is 4.20. The highest BCUT2D eigenvalue weighted by Crippen LogP contribution is 2.55. The van der Waals surface area contributed by atoms with Crippen LogP contribution in [0.1, 0.15) is 31.2 Å². The van der Waals surface area contributed by atoms with Crippen LogP contribution in [0.4, 0.5) is 0 Å². The molecule has 1 aromatic carbocycles. The summed E-state index contributed by atoms with van der Waals surface area (Å²) in [7, 11) is 0. The minimum atomic E-state index is 0.0789. The van der Waals surface area contributed by atoms with Crippen molar-refractivity contribution in [2.24, 2.45) is 22.9 Å². The van der Waals surface area contributed by atoms with E-state index < -0.39 is 0 Å². The van der Waals surface area contributed by atoms with Crippen molar-refractivity contribution in [2.75, 3.05) is 0 Å². The number of halogens is 1. The van der Waals surface area contributed by atoms with Gasteiger partial charge in [-0.3, -0.25) is 4.79 Å². The van der Waals surface area contributed by atoms with Gasteiger partial charge in [0.25, 0.3) is 0 Å². The quantitative estimate of drug-likeness (QED) is 0.668. The zero-order valence-corrected chi connectivity index (χ0v) is 11.4. The molecule has 0 heterocycles. The Morgan fingerprint density at radius 1 is 1.32 bits per heavy atom. The Labute approximate surface area is 118 Å². The second kappa shape index (κ2) is 5.33. The van der Waals surface area contributed by atoms with E-state index in [4.69, 9.17) is 11.6 Å². The van der Waals surface area contributed by atoms with Crippen molar-refractivity contribution in [3.8, 4) is 0 Å².